The van der Waals surface area contributed by atoms with E-state index < -0.39 is 102 Å². The first-order valence-electron chi connectivity index (χ1n) is 33.9. The molecule has 1 fully saturated rings. The molecular formula is C69H120O21. The molecule has 1 saturated heterocycles. The molecule has 0 bridgehead atoms. The largest absolute Gasteiger partial charge is 0.481 e. The number of carbonyl (C=O) groups excluding carboxylic acids is 3. The lowest BCUT2D eigenvalue weighted by molar-refractivity contribution is -0.167. The van der Waals surface area contributed by atoms with E-state index in [4.69, 9.17) is 42.6 Å². The number of aliphatic carboxylic acids is 4. The van der Waals surface area contributed by atoms with E-state index >= 15 is 0 Å². The monoisotopic (exact) mass is 1280 g/mol. The third kappa shape index (κ3) is 35.5. The number of ether oxygens (including phenoxy) is 9. The standard InChI is InChI=1S/C69H120O21/c1-13-16-18-22-28-36-57(82-11)59(86-51(9)48(6)67(76)77)38-32-33-40-63(72)85-45-54(88-64(73)41-31-26-21-24-29-37-58(83-12)61(42-60-55(15-3)89-60)87-52(10)49(7)68(78)79)44-84-62(71)39-30-25-20-19-23-27-34-53(43-70)56(35-17-14-2)90-65(50(8)69(80)81)46(4)47(5)66(74)75/h23-24,27,29,46-61,65,70H,13-22,25-26,28,30-45H2,1-12H3,(H,74,75)(H,76,77)(H,78,79)(H,80,81)/b27-23-,29-24-. The molecule has 0 aromatic carbocycles. The summed E-state index contributed by atoms with van der Waals surface area (Å²) < 4.78 is 53.5. The van der Waals surface area contributed by atoms with Gasteiger partial charge in [-0.3, -0.25) is 33.6 Å². The summed E-state index contributed by atoms with van der Waals surface area (Å²) in [6, 6.07) is 0. The number of carboxylic acids is 4. The van der Waals surface area contributed by atoms with E-state index in [1.165, 1.54) is 6.92 Å². The smallest absolute Gasteiger partial charge is 0.308 e. The number of esters is 3. The van der Waals surface area contributed by atoms with Gasteiger partial charge in [0.2, 0.25) is 0 Å². The van der Waals surface area contributed by atoms with Crippen molar-refractivity contribution in [3.05, 3.63) is 24.3 Å². The van der Waals surface area contributed by atoms with Gasteiger partial charge in [-0.05, 0) is 124 Å². The van der Waals surface area contributed by atoms with Crippen LogP contribution in [0.2, 0.25) is 0 Å². The van der Waals surface area contributed by atoms with E-state index in [0.717, 1.165) is 64.2 Å². The number of rotatable bonds is 58. The molecule has 522 valence electrons. The fraction of sp³-hybridized carbons (Fsp3) is 0.841. The molecule has 0 radical (unpaired) electrons. The third-order valence-corrected chi connectivity index (χ3v) is 17.7. The zero-order chi connectivity index (χ0) is 67.6. The van der Waals surface area contributed by atoms with Crippen molar-refractivity contribution in [2.75, 3.05) is 34.0 Å². The summed E-state index contributed by atoms with van der Waals surface area (Å²) in [5, 5.41) is 49.2. The van der Waals surface area contributed by atoms with Crippen molar-refractivity contribution in [3.63, 3.8) is 0 Å². The Labute approximate surface area is 538 Å². The van der Waals surface area contributed by atoms with Crippen LogP contribution in [0.5, 0.6) is 0 Å². The highest BCUT2D eigenvalue weighted by Crippen LogP contribution is 2.34. The number of carbonyl (C=O) groups is 7. The summed E-state index contributed by atoms with van der Waals surface area (Å²) in [5.74, 6) is -9.75. The van der Waals surface area contributed by atoms with Crippen molar-refractivity contribution in [3.8, 4) is 0 Å². The second-order valence-electron chi connectivity index (χ2n) is 24.9. The molecule has 5 N–H and O–H groups in total. The molecule has 1 aliphatic rings. The van der Waals surface area contributed by atoms with E-state index in [2.05, 4.69) is 13.8 Å². The number of allylic oxidation sites excluding steroid dienone is 3. The Morgan fingerprint density at radius 1 is 0.467 bits per heavy atom. The normalized spacial score (nSPS) is 19.3. The van der Waals surface area contributed by atoms with Crippen molar-refractivity contribution in [2.24, 2.45) is 35.5 Å². The van der Waals surface area contributed by atoms with Crippen molar-refractivity contribution in [1.82, 2.24) is 0 Å². The zero-order valence-corrected chi connectivity index (χ0v) is 56.9. The summed E-state index contributed by atoms with van der Waals surface area (Å²) in [7, 11) is 3.24. The van der Waals surface area contributed by atoms with Gasteiger partial charge in [0, 0.05) is 52.4 Å². The first kappa shape index (κ1) is 83.5. The van der Waals surface area contributed by atoms with Gasteiger partial charge in [0.25, 0.3) is 0 Å². The molecule has 0 spiro atoms. The predicted molar refractivity (Wildman–Crippen MR) is 342 cm³/mol. The van der Waals surface area contributed by atoms with Gasteiger partial charge in [0.05, 0.1) is 84.7 Å². The first-order valence-corrected chi connectivity index (χ1v) is 33.9. The van der Waals surface area contributed by atoms with Gasteiger partial charge < -0.3 is 68.2 Å². The molecule has 0 aromatic rings. The van der Waals surface area contributed by atoms with Gasteiger partial charge in [-0.15, -0.1) is 0 Å². The molecule has 90 heavy (non-hydrogen) atoms. The topological polar surface area (TPSA) is 307 Å². The highest BCUT2D eigenvalue weighted by atomic mass is 16.6. The maximum absolute atomic E-state index is 13.3. The Kier molecular flexibility index (Phi) is 45.6. The lowest BCUT2D eigenvalue weighted by atomic mass is 9.83. The van der Waals surface area contributed by atoms with Gasteiger partial charge >= 0.3 is 41.8 Å². The highest BCUT2D eigenvalue weighted by Gasteiger charge is 2.42. The lowest BCUT2D eigenvalue weighted by Crippen LogP contribution is -2.43. The Morgan fingerprint density at radius 2 is 0.933 bits per heavy atom. The molecule has 1 heterocycles. The summed E-state index contributed by atoms with van der Waals surface area (Å²) in [6.45, 7) is 16.9. The minimum Gasteiger partial charge on any atom is -0.481 e. The number of methoxy groups -OCH3 is 2. The van der Waals surface area contributed by atoms with E-state index in [0.29, 0.717) is 83.5 Å². The molecule has 0 aliphatic carbocycles. The summed E-state index contributed by atoms with van der Waals surface area (Å²) in [4.78, 5) is 86.9. The molecule has 0 aromatic heterocycles. The van der Waals surface area contributed by atoms with Crippen LogP contribution < -0.4 is 0 Å². The maximum atomic E-state index is 13.3. The number of aliphatic hydroxyl groups is 1. The van der Waals surface area contributed by atoms with Crippen molar-refractivity contribution >= 4 is 41.8 Å². The predicted octanol–water partition coefficient (Wildman–Crippen LogP) is 12.5. The molecule has 0 amide bonds. The van der Waals surface area contributed by atoms with Gasteiger partial charge in [-0.25, -0.2) is 0 Å². The second kappa shape index (κ2) is 49.1. The van der Waals surface area contributed by atoms with Crippen LogP contribution in [0.15, 0.2) is 24.3 Å². The molecule has 21 nitrogen and oxygen atoms in total. The molecule has 17 atom stereocenters. The van der Waals surface area contributed by atoms with Gasteiger partial charge in [-0.2, -0.15) is 0 Å². The number of hydrogen-bond acceptors (Lipinski definition) is 17. The number of carboxylic acid groups (broad SMARTS) is 4. The Hall–Kier alpha value is -4.51. The number of aliphatic hydroxyl groups excluding tert-OH is 1. The molecule has 0 saturated carbocycles. The van der Waals surface area contributed by atoms with E-state index in [1.807, 2.05) is 31.2 Å². The average Bonchev–Trinajstić information content (AvgIpc) is 2.10. The van der Waals surface area contributed by atoms with Crippen LogP contribution in [0.3, 0.4) is 0 Å². The van der Waals surface area contributed by atoms with Crippen molar-refractivity contribution < 1.29 is 102 Å². The number of epoxide rings is 1. The maximum Gasteiger partial charge on any atom is 0.308 e. The number of unbranched alkanes of at least 4 members (excludes halogenated alkanes) is 11. The Balaban J connectivity index is 2.98. The van der Waals surface area contributed by atoms with Crippen LogP contribution in [0.25, 0.3) is 0 Å². The minimum absolute atomic E-state index is 0.0310. The van der Waals surface area contributed by atoms with Crippen LogP contribution in [0.4, 0.5) is 0 Å². The summed E-state index contributed by atoms with van der Waals surface area (Å²) >= 11 is 0. The quantitative estimate of drug-likeness (QED) is 0.0124. The van der Waals surface area contributed by atoms with Crippen molar-refractivity contribution in [2.45, 2.75) is 303 Å². The van der Waals surface area contributed by atoms with Gasteiger partial charge in [-0.1, -0.05) is 117 Å². The fourth-order valence-corrected chi connectivity index (χ4v) is 10.8. The van der Waals surface area contributed by atoms with Crippen LogP contribution in [0.1, 0.15) is 236 Å². The van der Waals surface area contributed by atoms with Crippen LogP contribution >= 0.6 is 0 Å². The lowest BCUT2D eigenvalue weighted by Gasteiger charge is -2.36. The molecule has 17 unspecified atom stereocenters. The van der Waals surface area contributed by atoms with Gasteiger partial charge in [0.1, 0.15) is 13.2 Å². The van der Waals surface area contributed by atoms with Crippen LogP contribution in [0, 0.1) is 35.5 Å². The summed E-state index contributed by atoms with van der Waals surface area (Å²) in [5.41, 5.74) is 0. The fourth-order valence-electron chi connectivity index (χ4n) is 10.8. The first-order chi connectivity index (χ1) is 42.9. The van der Waals surface area contributed by atoms with E-state index in [1.54, 1.807) is 55.8 Å². The molecular weight excluding hydrogens is 1160 g/mol. The van der Waals surface area contributed by atoms with Crippen LogP contribution in [-0.4, -0.2) is 169 Å². The number of hydrogen-bond donors (Lipinski definition) is 5. The summed E-state index contributed by atoms with van der Waals surface area (Å²) in [6.07, 6.45) is 20.4. The van der Waals surface area contributed by atoms with E-state index in [-0.39, 0.29) is 81.6 Å². The highest BCUT2D eigenvalue weighted by molar-refractivity contribution is 5.73. The molecule has 1 rings (SSSR count). The van der Waals surface area contributed by atoms with E-state index in [9.17, 15) is 59.1 Å². The third-order valence-electron chi connectivity index (χ3n) is 17.7. The average molecular weight is 1290 g/mol. The van der Waals surface area contributed by atoms with Crippen molar-refractivity contribution in [1.29, 1.82) is 0 Å². The Bertz CT molecular complexity index is 2050. The SMILES string of the molecule is CCCCCCCC(OC)C(CCCCC(=O)OCC(COC(=O)CCCCC/C=C\CC(CO)C(CCCC)OC(C(C)C(=O)O)C(C)C(C)C(=O)O)OC(=O)CCCC/C=C\CC(OC)C(CC1OC1CC)OC(C)C(C)C(=O)O)OC(C)C(C)C(=O)O. The second-order valence-corrected chi connectivity index (χ2v) is 24.9. The molecule has 1 aliphatic heterocycles. The van der Waals surface area contributed by atoms with Gasteiger partial charge in [0.15, 0.2) is 6.10 Å². The Morgan fingerprint density at radius 3 is 1.46 bits per heavy atom. The molecule has 21 heteroatoms. The minimum atomic E-state index is -1.09. The van der Waals surface area contributed by atoms with Crippen LogP contribution in [-0.2, 0) is 76.2 Å². The zero-order valence-electron chi connectivity index (χ0n) is 56.9.